The highest BCUT2D eigenvalue weighted by Crippen LogP contribution is 2.37. The largest absolute Gasteiger partial charge is 0.507 e. The summed E-state index contributed by atoms with van der Waals surface area (Å²) in [7, 11) is 0. The van der Waals surface area contributed by atoms with Crippen molar-refractivity contribution in [3.8, 4) is 11.5 Å². The van der Waals surface area contributed by atoms with Crippen molar-refractivity contribution in [2.24, 2.45) is 5.92 Å². The molecule has 0 fully saturated rings. The number of carbonyl (C=O) groups excluding carboxylic acids is 1. The molecule has 0 saturated carbocycles. The Morgan fingerprint density at radius 3 is 2.29 bits per heavy atom. The van der Waals surface area contributed by atoms with Gasteiger partial charge in [-0.1, -0.05) is 82.7 Å². The Hall–Kier alpha value is -4.55. The molecule has 0 bridgehead atoms. The first kappa shape index (κ1) is 39.2. The standard InChI is InChI=1S/C45H59N3O3/c1-8-15-37(16-9-2)44-42(49)30-39(31-43(44)50)46-45(51)38-20-17-35(18-21-38)28-36-19-22-41-40(29-36)33(6)34(7)48(41)26-14-12-13-25-47(24-10-3)27-23-32(5)11-4/h8-9,15-22,29-32,49-50H,1,10-14,23-28H2,2-7H3,(H,46,51)/b16-9-,37-15+. The van der Waals surface area contributed by atoms with Crippen LogP contribution in [-0.2, 0) is 13.0 Å². The van der Waals surface area contributed by atoms with Crippen LogP contribution in [0.4, 0.5) is 5.69 Å². The SMILES string of the molecule is C=C/C=C(\C=C/C)c1c(O)cc(NC(=O)c2ccc(Cc3ccc4c(c3)c(C)c(C)n4CCCCCN(CCC)CCC(C)CC)cc2)cc1O. The number of aromatic nitrogens is 1. The predicted molar refractivity (Wildman–Crippen MR) is 216 cm³/mol. The van der Waals surface area contributed by atoms with Crippen LogP contribution in [-0.4, -0.2) is 45.2 Å². The normalized spacial score (nSPS) is 12.6. The highest BCUT2D eigenvalue weighted by molar-refractivity contribution is 6.04. The summed E-state index contributed by atoms with van der Waals surface area (Å²) in [5.74, 6) is 0.214. The van der Waals surface area contributed by atoms with Gasteiger partial charge in [0.25, 0.3) is 5.91 Å². The van der Waals surface area contributed by atoms with Crippen molar-refractivity contribution in [3.05, 3.63) is 119 Å². The lowest BCUT2D eigenvalue weighted by molar-refractivity contribution is 0.102. The van der Waals surface area contributed by atoms with Gasteiger partial charge in [-0.15, -0.1) is 0 Å². The van der Waals surface area contributed by atoms with Crippen LogP contribution in [0.15, 0.2) is 85.5 Å². The molecular formula is C45H59N3O3. The molecule has 1 unspecified atom stereocenters. The number of phenols is 2. The second-order valence-corrected chi connectivity index (χ2v) is 14.0. The van der Waals surface area contributed by atoms with Gasteiger partial charge in [0.2, 0.25) is 0 Å². The maximum Gasteiger partial charge on any atom is 0.255 e. The number of carbonyl (C=O) groups is 1. The first-order valence-corrected chi connectivity index (χ1v) is 18.8. The number of amides is 1. The smallest absolute Gasteiger partial charge is 0.255 e. The summed E-state index contributed by atoms with van der Waals surface area (Å²) in [6, 6.07) is 17.3. The molecule has 272 valence electrons. The van der Waals surface area contributed by atoms with Gasteiger partial charge in [0.1, 0.15) is 11.5 Å². The number of nitrogens with one attached hydrogen (secondary N) is 1. The van der Waals surface area contributed by atoms with Crippen LogP contribution in [0, 0.1) is 19.8 Å². The molecule has 0 radical (unpaired) electrons. The third-order valence-electron chi connectivity index (χ3n) is 10.1. The lowest BCUT2D eigenvalue weighted by Crippen LogP contribution is -2.28. The Labute approximate surface area is 306 Å². The molecule has 4 aromatic rings. The number of hydrogen-bond acceptors (Lipinski definition) is 4. The lowest BCUT2D eigenvalue weighted by Gasteiger charge is -2.23. The number of hydrogen-bond donors (Lipinski definition) is 3. The van der Waals surface area contributed by atoms with E-state index in [1.54, 1.807) is 18.2 Å². The first-order valence-electron chi connectivity index (χ1n) is 18.8. The molecule has 1 heterocycles. The van der Waals surface area contributed by atoms with E-state index in [0.717, 1.165) is 24.4 Å². The van der Waals surface area contributed by atoms with E-state index in [1.807, 2.05) is 37.3 Å². The van der Waals surface area contributed by atoms with E-state index in [0.29, 0.717) is 16.8 Å². The third kappa shape index (κ3) is 10.5. The molecule has 4 rings (SSSR count). The van der Waals surface area contributed by atoms with Crippen LogP contribution in [0.1, 0.15) is 105 Å². The fraction of sp³-hybridized carbons (Fsp3) is 0.400. The van der Waals surface area contributed by atoms with Crippen LogP contribution in [0.25, 0.3) is 16.5 Å². The molecule has 0 aliphatic carbocycles. The monoisotopic (exact) mass is 689 g/mol. The maximum absolute atomic E-state index is 13.1. The number of unbranched alkanes of at least 4 members (excludes halogenated alkanes) is 2. The molecule has 0 saturated heterocycles. The zero-order valence-corrected chi connectivity index (χ0v) is 31.8. The number of anilines is 1. The molecular weight excluding hydrogens is 631 g/mol. The number of rotatable bonds is 19. The number of allylic oxidation sites excluding steroid dienone is 5. The molecule has 3 aromatic carbocycles. The average Bonchev–Trinajstić information content (AvgIpc) is 3.34. The summed E-state index contributed by atoms with van der Waals surface area (Å²) in [4.78, 5) is 15.7. The summed E-state index contributed by atoms with van der Waals surface area (Å²) < 4.78 is 2.50. The van der Waals surface area contributed by atoms with Crippen molar-refractivity contribution in [1.29, 1.82) is 0 Å². The molecule has 1 aromatic heterocycles. The Morgan fingerprint density at radius 2 is 1.65 bits per heavy atom. The minimum Gasteiger partial charge on any atom is -0.507 e. The molecule has 6 heteroatoms. The van der Waals surface area contributed by atoms with Gasteiger partial charge in [0.15, 0.2) is 0 Å². The number of phenolic OH excluding ortho intramolecular Hbond substituents is 2. The number of aryl methyl sites for hydroxylation is 2. The summed E-state index contributed by atoms with van der Waals surface area (Å²) in [5, 5.41) is 25.4. The van der Waals surface area contributed by atoms with E-state index in [9.17, 15) is 15.0 Å². The average molecular weight is 690 g/mol. The van der Waals surface area contributed by atoms with E-state index in [-0.39, 0.29) is 23.0 Å². The van der Waals surface area contributed by atoms with Crippen molar-refractivity contribution in [1.82, 2.24) is 9.47 Å². The van der Waals surface area contributed by atoms with E-state index < -0.39 is 0 Å². The van der Waals surface area contributed by atoms with Crippen LogP contribution in [0.3, 0.4) is 0 Å². The van der Waals surface area contributed by atoms with Gasteiger partial charge in [-0.3, -0.25) is 4.79 Å². The summed E-state index contributed by atoms with van der Waals surface area (Å²) >= 11 is 0. The summed E-state index contributed by atoms with van der Waals surface area (Å²) in [6.45, 7) is 21.7. The predicted octanol–water partition coefficient (Wildman–Crippen LogP) is 11.0. The molecule has 6 nitrogen and oxygen atoms in total. The quantitative estimate of drug-likeness (QED) is 0.0676. The van der Waals surface area contributed by atoms with Crippen molar-refractivity contribution >= 4 is 28.1 Å². The fourth-order valence-corrected chi connectivity index (χ4v) is 6.86. The van der Waals surface area contributed by atoms with Crippen molar-refractivity contribution in [2.45, 2.75) is 93.0 Å². The van der Waals surface area contributed by atoms with Gasteiger partial charge in [0.05, 0.1) is 5.56 Å². The van der Waals surface area contributed by atoms with Gasteiger partial charge >= 0.3 is 0 Å². The highest BCUT2D eigenvalue weighted by atomic mass is 16.3. The van der Waals surface area contributed by atoms with E-state index in [1.165, 1.54) is 98.0 Å². The van der Waals surface area contributed by atoms with Crippen molar-refractivity contribution < 1.29 is 15.0 Å². The summed E-state index contributed by atoms with van der Waals surface area (Å²) in [6.07, 6.45) is 15.1. The van der Waals surface area contributed by atoms with Gasteiger partial charge in [-0.2, -0.15) is 0 Å². The summed E-state index contributed by atoms with van der Waals surface area (Å²) in [5.41, 5.74) is 8.04. The second-order valence-electron chi connectivity index (χ2n) is 14.0. The zero-order chi connectivity index (χ0) is 36.9. The number of nitrogens with zero attached hydrogens (tertiary/aromatic N) is 2. The topological polar surface area (TPSA) is 77.7 Å². The van der Waals surface area contributed by atoms with Crippen LogP contribution in [0.2, 0.25) is 0 Å². The molecule has 51 heavy (non-hydrogen) atoms. The van der Waals surface area contributed by atoms with E-state index >= 15 is 0 Å². The number of fused-ring (bicyclic) bond motifs is 1. The van der Waals surface area contributed by atoms with E-state index in [4.69, 9.17) is 0 Å². The van der Waals surface area contributed by atoms with Gasteiger partial charge < -0.3 is 25.0 Å². The Balaban J connectivity index is 1.35. The Morgan fingerprint density at radius 1 is 0.941 bits per heavy atom. The van der Waals surface area contributed by atoms with Gasteiger partial charge in [-0.25, -0.2) is 0 Å². The Bertz CT molecular complexity index is 1810. The first-order chi connectivity index (χ1) is 24.6. The molecule has 0 spiro atoms. The Kier molecular flexibility index (Phi) is 14.7. The zero-order valence-electron chi connectivity index (χ0n) is 31.8. The van der Waals surface area contributed by atoms with E-state index in [2.05, 4.69) is 74.2 Å². The van der Waals surface area contributed by atoms with Crippen molar-refractivity contribution in [2.75, 3.05) is 25.0 Å². The highest BCUT2D eigenvalue weighted by Gasteiger charge is 2.16. The third-order valence-corrected chi connectivity index (χ3v) is 10.1. The molecule has 3 N–H and O–H groups in total. The minimum absolute atomic E-state index is 0.137. The molecule has 1 amide bonds. The van der Waals surface area contributed by atoms with Crippen LogP contribution in [0.5, 0.6) is 11.5 Å². The van der Waals surface area contributed by atoms with Gasteiger partial charge in [-0.05, 0) is 125 Å². The fourth-order valence-electron chi connectivity index (χ4n) is 6.86. The van der Waals surface area contributed by atoms with Gasteiger partial charge in [0, 0.05) is 46.5 Å². The molecule has 0 aliphatic rings. The lowest BCUT2D eigenvalue weighted by atomic mass is 10.0. The molecule has 1 atom stereocenters. The molecule has 0 aliphatic heterocycles. The number of aromatic hydroxyl groups is 2. The van der Waals surface area contributed by atoms with Crippen LogP contribution >= 0.6 is 0 Å². The minimum atomic E-state index is -0.322. The number of benzene rings is 3. The maximum atomic E-state index is 13.1. The second kappa shape index (κ2) is 19.2. The van der Waals surface area contributed by atoms with Crippen molar-refractivity contribution in [3.63, 3.8) is 0 Å². The van der Waals surface area contributed by atoms with Crippen LogP contribution < -0.4 is 5.32 Å².